The Labute approximate surface area is 267 Å². The van der Waals surface area contributed by atoms with Gasteiger partial charge in [0.1, 0.15) is 12.1 Å². The average Bonchev–Trinajstić information content (AvgIpc) is 3.62. The largest absolute Gasteiger partial charge is 0.444 e. The summed E-state index contributed by atoms with van der Waals surface area (Å²) in [4.78, 5) is 46.0. The lowest BCUT2D eigenvalue weighted by atomic mass is 10.1. The normalized spacial score (nSPS) is 16.7. The Morgan fingerprint density at radius 2 is 2.00 bits per heavy atom. The highest BCUT2D eigenvalue weighted by atomic mass is 35.5. The number of hydrogen-bond donors (Lipinski definition) is 1. The number of ether oxygens (including phenoxy) is 3. The molecule has 1 N–H and O–H groups in total. The van der Waals surface area contributed by atoms with E-state index in [4.69, 9.17) is 25.8 Å². The molecule has 2 aliphatic rings. The fourth-order valence-corrected chi connectivity index (χ4v) is 5.45. The van der Waals surface area contributed by atoms with Crippen molar-refractivity contribution in [2.45, 2.75) is 71.6 Å². The first-order chi connectivity index (χ1) is 21.7. The summed E-state index contributed by atoms with van der Waals surface area (Å²) in [7, 11) is 0. The molecule has 2 aromatic heterocycles. The highest BCUT2D eigenvalue weighted by molar-refractivity contribution is 6.33. The predicted molar refractivity (Wildman–Crippen MR) is 161 cm³/mol. The second-order valence-electron chi connectivity index (χ2n) is 11.8. The quantitative estimate of drug-likeness (QED) is 0.346. The van der Waals surface area contributed by atoms with Gasteiger partial charge in [0.25, 0.3) is 5.56 Å². The summed E-state index contributed by atoms with van der Waals surface area (Å²) >= 11 is 6.07. The van der Waals surface area contributed by atoms with Gasteiger partial charge in [-0.15, -0.1) is 5.10 Å². The second-order valence-corrected chi connectivity index (χ2v) is 12.2. The van der Waals surface area contributed by atoms with Gasteiger partial charge in [-0.3, -0.25) is 9.59 Å². The van der Waals surface area contributed by atoms with Crippen LogP contribution in [0, 0.1) is 0 Å². The minimum absolute atomic E-state index is 0.0150. The number of fused-ring (bicyclic) bond motifs is 2. The van der Waals surface area contributed by atoms with Gasteiger partial charge in [0.05, 0.1) is 53.5 Å². The van der Waals surface area contributed by atoms with Gasteiger partial charge < -0.3 is 29.0 Å². The average molecular weight is 667 g/mol. The van der Waals surface area contributed by atoms with Gasteiger partial charge in [-0.1, -0.05) is 17.7 Å². The van der Waals surface area contributed by atoms with Gasteiger partial charge in [-0.05, 0) is 64.3 Å². The molecular weight excluding hydrogens is 633 g/mol. The van der Waals surface area contributed by atoms with Gasteiger partial charge in [0.2, 0.25) is 11.7 Å². The van der Waals surface area contributed by atoms with E-state index in [1.54, 1.807) is 20.8 Å². The van der Waals surface area contributed by atoms with Crippen molar-refractivity contribution in [1.29, 1.82) is 0 Å². The lowest BCUT2D eigenvalue weighted by Crippen LogP contribution is -2.38. The lowest BCUT2D eigenvalue weighted by molar-refractivity contribution is -0.137. The number of anilines is 1. The van der Waals surface area contributed by atoms with E-state index in [1.807, 2.05) is 13.0 Å². The number of hydrogen-bond acceptors (Lipinski definition) is 8. The molecule has 0 spiro atoms. The van der Waals surface area contributed by atoms with Crippen LogP contribution in [0.2, 0.25) is 5.02 Å². The maximum atomic E-state index is 13.9. The van der Waals surface area contributed by atoms with Crippen LogP contribution in [0.5, 0.6) is 0 Å². The molecule has 12 nitrogen and oxygen atoms in total. The molecule has 2 aliphatic heterocycles. The van der Waals surface area contributed by atoms with Gasteiger partial charge in [0, 0.05) is 13.1 Å². The van der Waals surface area contributed by atoms with Crippen LogP contribution in [0.3, 0.4) is 0 Å². The third-order valence-corrected chi connectivity index (χ3v) is 7.76. The first kappa shape index (κ1) is 33.4. The van der Waals surface area contributed by atoms with Crippen LogP contribution in [-0.2, 0) is 38.3 Å². The molecule has 0 aliphatic carbocycles. The van der Waals surface area contributed by atoms with Crippen LogP contribution in [0.1, 0.15) is 69.3 Å². The number of nitrogens with one attached hydrogen (secondary N) is 1. The van der Waals surface area contributed by atoms with Crippen molar-refractivity contribution in [3.63, 3.8) is 0 Å². The smallest absolute Gasteiger partial charge is 0.416 e. The summed E-state index contributed by atoms with van der Waals surface area (Å²) < 4.78 is 58.9. The summed E-state index contributed by atoms with van der Waals surface area (Å²) in [6.45, 7) is 8.14. The van der Waals surface area contributed by atoms with Crippen molar-refractivity contribution in [3.05, 3.63) is 62.3 Å². The Hall–Kier alpha value is -3.95. The van der Waals surface area contributed by atoms with Crippen molar-refractivity contribution in [2.75, 3.05) is 31.6 Å². The number of rotatable bonds is 8. The highest BCUT2D eigenvalue weighted by Crippen LogP contribution is 2.35. The summed E-state index contributed by atoms with van der Waals surface area (Å²) in [5.41, 5.74) is -0.672. The zero-order valence-electron chi connectivity index (χ0n) is 25.7. The number of nitrogens with zero attached hydrogens (tertiary/aromatic N) is 5. The number of amides is 2. The van der Waals surface area contributed by atoms with E-state index < -0.39 is 41.0 Å². The fourth-order valence-electron chi connectivity index (χ4n) is 5.22. The maximum Gasteiger partial charge on any atom is 0.416 e. The summed E-state index contributed by atoms with van der Waals surface area (Å²) in [6, 6.07) is 2.62. The van der Waals surface area contributed by atoms with Crippen molar-refractivity contribution in [2.24, 2.45) is 0 Å². The number of halogens is 4. The molecule has 2 amide bonds. The predicted octanol–water partition coefficient (Wildman–Crippen LogP) is 5.22. The Morgan fingerprint density at radius 1 is 1.24 bits per heavy atom. The standard InChI is InChI=1S/C30H34ClF3N6O6/c1-5-38(28(43)46-29(2,3)4)11-8-22-24-21(16-45-22)39(15-23(41)35-20-7-6-18(14-19(20)31)30(32,33)34)27-36-25(37-40(27)26(24)42)17-9-12-44-13-10-17/h6-7,9,14,22H,5,8,10-13,15-16H2,1-4H3,(H,35,41). The minimum Gasteiger partial charge on any atom is -0.444 e. The van der Waals surface area contributed by atoms with Crippen LogP contribution in [-0.4, -0.2) is 68.0 Å². The maximum absolute atomic E-state index is 13.9. The van der Waals surface area contributed by atoms with E-state index in [1.165, 1.54) is 9.47 Å². The highest BCUT2D eigenvalue weighted by Gasteiger charge is 2.34. The van der Waals surface area contributed by atoms with E-state index in [-0.39, 0.29) is 48.2 Å². The monoisotopic (exact) mass is 666 g/mol. The van der Waals surface area contributed by atoms with Crippen molar-refractivity contribution >= 4 is 40.6 Å². The minimum atomic E-state index is -4.60. The molecule has 4 heterocycles. The Balaban J connectivity index is 1.48. The molecule has 0 fully saturated rings. The van der Waals surface area contributed by atoms with Crippen LogP contribution in [0.4, 0.5) is 23.7 Å². The van der Waals surface area contributed by atoms with Crippen molar-refractivity contribution in [3.8, 4) is 0 Å². The Bertz CT molecular complexity index is 1750. The third kappa shape index (κ3) is 7.21. The van der Waals surface area contributed by atoms with Crippen molar-refractivity contribution in [1.82, 2.24) is 24.1 Å². The molecule has 1 aromatic carbocycles. The van der Waals surface area contributed by atoms with Crippen LogP contribution in [0.15, 0.2) is 29.1 Å². The topological polar surface area (TPSA) is 129 Å². The number of carbonyl (C=O) groups is 2. The molecule has 248 valence electrons. The fraction of sp³-hybridized carbons (Fsp3) is 0.500. The second kappa shape index (κ2) is 13.0. The molecule has 0 bridgehead atoms. The molecule has 1 atom stereocenters. The van der Waals surface area contributed by atoms with Crippen LogP contribution in [0.25, 0.3) is 11.4 Å². The molecule has 16 heteroatoms. The number of carbonyl (C=O) groups excluding carboxylic acids is 2. The molecule has 0 saturated carbocycles. The van der Waals surface area contributed by atoms with Crippen LogP contribution >= 0.6 is 11.6 Å². The van der Waals surface area contributed by atoms with E-state index in [2.05, 4.69) is 15.4 Å². The third-order valence-electron chi connectivity index (χ3n) is 7.45. The van der Waals surface area contributed by atoms with Gasteiger partial charge in [-0.25, -0.2) is 4.79 Å². The molecule has 0 radical (unpaired) electrons. The summed E-state index contributed by atoms with van der Waals surface area (Å²) in [6.07, 6.45) is -3.21. The zero-order chi connectivity index (χ0) is 33.4. The first-order valence-electron chi connectivity index (χ1n) is 14.7. The van der Waals surface area contributed by atoms with E-state index >= 15 is 0 Å². The van der Waals surface area contributed by atoms with Gasteiger partial charge in [-0.2, -0.15) is 22.7 Å². The van der Waals surface area contributed by atoms with Gasteiger partial charge >= 0.3 is 12.3 Å². The first-order valence-corrected chi connectivity index (χ1v) is 15.1. The molecular formula is C30H34ClF3N6O6. The van der Waals surface area contributed by atoms with Crippen LogP contribution < -0.4 is 10.9 Å². The number of benzene rings is 1. The molecule has 1 unspecified atom stereocenters. The molecule has 5 rings (SSSR count). The lowest BCUT2D eigenvalue weighted by Gasteiger charge is -2.27. The van der Waals surface area contributed by atoms with Gasteiger partial charge in [0.15, 0.2) is 5.82 Å². The van der Waals surface area contributed by atoms with E-state index in [9.17, 15) is 27.6 Å². The van der Waals surface area contributed by atoms with Crippen molar-refractivity contribution < 1.29 is 37.0 Å². The molecule has 46 heavy (non-hydrogen) atoms. The number of alkyl halides is 3. The summed E-state index contributed by atoms with van der Waals surface area (Å²) in [5.74, 6) is -0.230. The Morgan fingerprint density at radius 3 is 2.63 bits per heavy atom. The molecule has 3 aromatic rings. The van der Waals surface area contributed by atoms with E-state index in [0.717, 1.165) is 28.3 Å². The van der Waals surface area contributed by atoms with E-state index in [0.29, 0.717) is 37.7 Å². The molecule has 0 saturated heterocycles. The number of aromatic nitrogens is 4. The zero-order valence-corrected chi connectivity index (χ0v) is 26.5. The Kier molecular flexibility index (Phi) is 9.47. The SMILES string of the molecule is CCN(CCC1OCc2c1c(=O)n1nc(C3=CCOCC3)nc1n2CC(=O)Nc1ccc(C(F)(F)F)cc1Cl)C(=O)OC(C)(C)C. The summed E-state index contributed by atoms with van der Waals surface area (Å²) in [5, 5.41) is 6.73.